The Hall–Kier alpha value is -0.970. The summed E-state index contributed by atoms with van der Waals surface area (Å²) < 4.78 is 10.5. The number of hydrogen-bond donors (Lipinski definition) is 2. The van der Waals surface area contributed by atoms with Crippen molar-refractivity contribution in [3.8, 4) is 11.5 Å². The summed E-state index contributed by atoms with van der Waals surface area (Å²) in [6.07, 6.45) is -0.500. The van der Waals surface area contributed by atoms with Gasteiger partial charge in [-0.2, -0.15) is 0 Å². The van der Waals surface area contributed by atoms with Crippen LogP contribution in [0.1, 0.15) is 13.8 Å². The van der Waals surface area contributed by atoms with Crippen LogP contribution >= 0.6 is 12.4 Å². The van der Waals surface area contributed by atoms with Crippen LogP contribution in [0.15, 0.2) is 24.3 Å². The molecule has 1 aromatic carbocycles. The van der Waals surface area contributed by atoms with E-state index in [2.05, 4.69) is 5.32 Å². The third kappa shape index (κ3) is 6.69. The number of methoxy groups -OCH3 is 1. The largest absolute Gasteiger partial charge is 0.497 e. The van der Waals surface area contributed by atoms with Crippen LogP contribution in [0.4, 0.5) is 0 Å². The second-order valence-corrected chi connectivity index (χ2v) is 4.20. The Labute approximate surface area is 115 Å². The van der Waals surface area contributed by atoms with Gasteiger partial charge in [-0.25, -0.2) is 0 Å². The van der Waals surface area contributed by atoms with Crippen LogP contribution in [0.5, 0.6) is 11.5 Å². The molecule has 0 aliphatic rings. The topological polar surface area (TPSA) is 50.7 Å². The first-order valence-electron chi connectivity index (χ1n) is 5.80. The smallest absolute Gasteiger partial charge is 0.119 e. The normalized spacial score (nSPS) is 11.8. The van der Waals surface area contributed by atoms with E-state index in [9.17, 15) is 5.11 Å². The molecule has 0 radical (unpaired) electrons. The number of aliphatic hydroxyl groups excluding tert-OH is 1. The maximum Gasteiger partial charge on any atom is 0.119 e. The molecule has 1 aromatic rings. The van der Waals surface area contributed by atoms with Gasteiger partial charge in [0.1, 0.15) is 24.2 Å². The van der Waals surface area contributed by atoms with Crippen LogP contribution in [0, 0.1) is 0 Å². The minimum absolute atomic E-state index is 0. The van der Waals surface area contributed by atoms with E-state index in [1.54, 1.807) is 7.11 Å². The average molecular weight is 276 g/mol. The lowest BCUT2D eigenvalue weighted by Crippen LogP contribution is -2.35. The van der Waals surface area contributed by atoms with Gasteiger partial charge in [0, 0.05) is 12.6 Å². The average Bonchev–Trinajstić information content (AvgIpc) is 2.34. The first-order valence-corrected chi connectivity index (χ1v) is 5.80. The summed E-state index contributed by atoms with van der Waals surface area (Å²) in [7, 11) is 1.62. The Bertz CT molecular complexity index is 317. The molecule has 4 nitrogen and oxygen atoms in total. The number of rotatable bonds is 7. The molecule has 0 heterocycles. The van der Waals surface area contributed by atoms with E-state index in [1.807, 2.05) is 38.1 Å². The first-order chi connectivity index (χ1) is 8.11. The van der Waals surface area contributed by atoms with Crippen LogP contribution < -0.4 is 14.8 Å². The van der Waals surface area contributed by atoms with Gasteiger partial charge in [-0.3, -0.25) is 0 Å². The van der Waals surface area contributed by atoms with Gasteiger partial charge in [-0.1, -0.05) is 13.8 Å². The van der Waals surface area contributed by atoms with Crippen LogP contribution in [0.3, 0.4) is 0 Å². The van der Waals surface area contributed by atoms with Gasteiger partial charge in [-0.15, -0.1) is 12.4 Å². The minimum Gasteiger partial charge on any atom is -0.497 e. The quantitative estimate of drug-likeness (QED) is 0.797. The number of benzene rings is 1. The minimum atomic E-state index is -0.500. The molecule has 0 aromatic heterocycles. The van der Waals surface area contributed by atoms with E-state index in [0.29, 0.717) is 12.6 Å². The molecule has 0 saturated carbocycles. The van der Waals surface area contributed by atoms with E-state index in [0.717, 1.165) is 11.5 Å². The van der Waals surface area contributed by atoms with Crippen LogP contribution in [0.25, 0.3) is 0 Å². The maximum atomic E-state index is 9.65. The summed E-state index contributed by atoms with van der Waals surface area (Å²) in [5.41, 5.74) is 0. The molecule has 104 valence electrons. The fourth-order valence-electron chi connectivity index (χ4n) is 1.30. The van der Waals surface area contributed by atoms with Gasteiger partial charge < -0.3 is 19.9 Å². The fraction of sp³-hybridized carbons (Fsp3) is 0.538. The van der Waals surface area contributed by atoms with Crippen molar-refractivity contribution < 1.29 is 14.6 Å². The Morgan fingerprint density at radius 1 is 1.17 bits per heavy atom. The molecule has 0 amide bonds. The highest BCUT2D eigenvalue weighted by molar-refractivity contribution is 5.85. The number of nitrogens with one attached hydrogen (secondary N) is 1. The highest BCUT2D eigenvalue weighted by Gasteiger charge is 2.05. The summed E-state index contributed by atoms with van der Waals surface area (Å²) >= 11 is 0. The van der Waals surface area contributed by atoms with Crippen molar-refractivity contribution in [2.75, 3.05) is 20.3 Å². The third-order valence-corrected chi connectivity index (χ3v) is 2.26. The number of halogens is 1. The molecule has 1 atom stereocenters. The second-order valence-electron chi connectivity index (χ2n) is 4.20. The lowest BCUT2D eigenvalue weighted by molar-refractivity contribution is 0.104. The van der Waals surface area contributed by atoms with Crippen LogP contribution in [-0.4, -0.2) is 37.5 Å². The zero-order valence-electron chi connectivity index (χ0n) is 11.1. The van der Waals surface area contributed by atoms with Crippen molar-refractivity contribution in [1.29, 1.82) is 0 Å². The summed E-state index contributed by atoms with van der Waals surface area (Å²) in [4.78, 5) is 0. The van der Waals surface area contributed by atoms with E-state index >= 15 is 0 Å². The zero-order chi connectivity index (χ0) is 12.7. The number of hydrogen-bond acceptors (Lipinski definition) is 4. The molecule has 5 heteroatoms. The Morgan fingerprint density at radius 2 is 1.72 bits per heavy atom. The van der Waals surface area contributed by atoms with Crippen molar-refractivity contribution in [3.63, 3.8) is 0 Å². The fourth-order valence-corrected chi connectivity index (χ4v) is 1.30. The Kier molecular flexibility index (Phi) is 8.54. The number of ether oxygens (including phenoxy) is 2. The lowest BCUT2D eigenvalue weighted by Gasteiger charge is -2.15. The second kappa shape index (κ2) is 9.03. The van der Waals surface area contributed by atoms with Gasteiger partial charge in [0.15, 0.2) is 0 Å². The standard InChI is InChI=1S/C13H21NO3.ClH/c1-10(2)14-8-11(15)9-17-13-6-4-12(16-3)5-7-13;/h4-7,10-11,14-15H,8-9H2,1-3H3;1H/t11-;/m0./s1. The molecule has 18 heavy (non-hydrogen) atoms. The lowest BCUT2D eigenvalue weighted by atomic mass is 10.3. The zero-order valence-corrected chi connectivity index (χ0v) is 11.9. The number of aliphatic hydroxyl groups is 1. The highest BCUT2D eigenvalue weighted by Crippen LogP contribution is 2.16. The Balaban J connectivity index is 0.00000289. The molecular formula is C13H22ClNO3. The third-order valence-electron chi connectivity index (χ3n) is 2.26. The molecule has 2 N–H and O–H groups in total. The van der Waals surface area contributed by atoms with Gasteiger partial charge in [-0.05, 0) is 24.3 Å². The van der Waals surface area contributed by atoms with Crippen molar-refractivity contribution in [2.45, 2.75) is 26.0 Å². The Morgan fingerprint density at radius 3 is 2.22 bits per heavy atom. The summed E-state index contributed by atoms with van der Waals surface area (Å²) in [6, 6.07) is 7.66. The summed E-state index contributed by atoms with van der Waals surface area (Å²) in [5, 5.41) is 12.8. The monoisotopic (exact) mass is 275 g/mol. The van der Waals surface area contributed by atoms with Gasteiger partial charge >= 0.3 is 0 Å². The maximum absolute atomic E-state index is 9.65. The van der Waals surface area contributed by atoms with E-state index in [4.69, 9.17) is 9.47 Å². The molecule has 0 aliphatic heterocycles. The molecule has 0 spiro atoms. The molecule has 0 saturated heterocycles. The molecule has 0 bridgehead atoms. The summed E-state index contributed by atoms with van der Waals surface area (Å²) in [6.45, 7) is 4.90. The van der Waals surface area contributed by atoms with Crippen LogP contribution in [-0.2, 0) is 0 Å². The molecule has 0 aliphatic carbocycles. The first kappa shape index (κ1) is 17.0. The predicted molar refractivity (Wildman–Crippen MR) is 74.9 cm³/mol. The van der Waals surface area contributed by atoms with Gasteiger partial charge in [0.25, 0.3) is 0 Å². The molecule has 0 fully saturated rings. The van der Waals surface area contributed by atoms with Crippen molar-refractivity contribution in [2.24, 2.45) is 0 Å². The molecule has 1 rings (SSSR count). The highest BCUT2D eigenvalue weighted by atomic mass is 35.5. The summed E-state index contributed by atoms with van der Waals surface area (Å²) in [5.74, 6) is 1.52. The van der Waals surface area contributed by atoms with Crippen molar-refractivity contribution in [3.05, 3.63) is 24.3 Å². The predicted octanol–water partition coefficient (Wildman–Crippen LogP) is 1.85. The van der Waals surface area contributed by atoms with E-state index < -0.39 is 6.10 Å². The van der Waals surface area contributed by atoms with E-state index in [-0.39, 0.29) is 19.0 Å². The SMILES string of the molecule is COc1ccc(OC[C@@H](O)CNC(C)C)cc1.Cl. The molecule has 0 unspecified atom stereocenters. The van der Waals surface area contributed by atoms with Gasteiger partial charge in [0.05, 0.1) is 7.11 Å². The van der Waals surface area contributed by atoms with Crippen molar-refractivity contribution >= 4 is 12.4 Å². The van der Waals surface area contributed by atoms with Crippen molar-refractivity contribution in [1.82, 2.24) is 5.32 Å². The van der Waals surface area contributed by atoms with Gasteiger partial charge in [0.2, 0.25) is 0 Å². The molecular weight excluding hydrogens is 254 g/mol. The van der Waals surface area contributed by atoms with E-state index in [1.165, 1.54) is 0 Å². The van der Waals surface area contributed by atoms with Crippen LogP contribution in [0.2, 0.25) is 0 Å².